The summed E-state index contributed by atoms with van der Waals surface area (Å²) >= 11 is 0. The molecule has 1 amide bonds. The van der Waals surface area contributed by atoms with Crippen molar-refractivity contribution in [2.75, 3.05) is 14.2 Å². The summed E-state index contributed by atoms with van der Waals surface area (Å²) in [5.41, 5.74) is 3.82. The molecular formula is C23H24N2O4. The van der Waals surface area contributed by atoms with Gasteiger partial charge < -0.3 is 14.2 Å². The van der Waals surface area contributed by atoms with E-state index in [0.717, 1.165) is 22.1 Å². The maximum atomic E-state index is 12.5. The number of carbonyl (C=O) groups excluding carboxylic acids is 1. The molecule has 0 aliphatic carbocycles. The molecule has 1 N–H and O–H groups in total. The highest BCUT2D eigenvalue weighted by molar-refractivity contribution is 6.03. The SMILES string of the molecule is COc1cc(OC)cc(C(=O)NN=Cc2ccc(OC(C)C)c3ccccc23)c1. The molecule has 0 fully saturated rings. The van der Waals surface area contributed by atoms with Gasteiger partial charge in [-0.05, 0) is 43.5 Å². The smallest absolute Gasteiger partial charge is 0.271 e. The Morgan fingerprint density at radius 1 is 0.966 bits per heavy atom. The van der Waals surface area contributed by atoms with Gasteiger partial charge in [-0.1, -0.05) is 24.3 Å². The van der Waals surface area contributed by atoms with E-state index in [4.69, 9.17) is 14.2 Å². The van der Waals surface area contributed by atoms with Gasteiger partial charge in [0.1, 0.15) is 17.2 Å². The lowest BCUT2D eigenvalue weighted by Gasteiger charge is -2.13. The largest absolute Gasteiger partial charge is 0.497 e. The summed E-state index contributed by atoms with van der Waals surface area (Å²) in [6, 6.07) is 16.7. The van der Waals surface area contributed by atoms with Crippen molar-refractivity contribution < 1.29 is 19.0 Å². The molecule has 0 atom stereocenters. The summed E-state index contributed by atoms with van der Waals surface area (Å²) in [5, 5.41) is 6.11. The number of hydrazone groups is 1. The maximum absolute atomic E-state index is 12.5. The Bertz CT molecular complexity index is 1020. The van der Waals surface area contributed by atoms with E-state index in [2.05, 4.69) is 10.5 Å². The molecule has 0 unspecified atom stereocenters. The van der Waals surface area contributed by atoms with Gasteiger partial charge in [0.25, 0.3) is 5.91 Å². The number of benzene rings is 3. The second-order valence-corrected chi connectivity index (χ2v) is 6.67. The van der Waals surface area contributed by atoms with Crippen LogP contribution in [-0.2, 0) is 0 Å². The van der Waals surface area contributed by atoms with Gasteiger partial charge in [-0.25, -0.2) is 5.43 Å². The van der Waals surface area contributed by atoms with Gasteiger partial charge >= 0.3 is 0 Å². The molecule has 3 aromatic carbocycles. The van der Waals surface area contributed by atoms with E-state index in [1.807, 2.05) is 50.2 Å². The number of hydrogen-bond acceptors (Lipinski definition) is 5. The van der Waals surface area contributed by atoms with Crippen molar-refractivity contribution >= 4 is 22.9 Å². The van der Waals surface area contributed by atoms with Crippen LogP contribution in [0.4, 0.5) is 0 Å². The molecular weight excluding hydrogens is 368 g/mol. The molecule has 0 bridgehead atoms. The molecule has 0 saturated carbocycles. The lowest BCUT2D eigenvalue weighted by atomic mass is 10.0. The standard InChI is InChI=1S/C23H24N2O4/c1-15(2)29-22-10-9-16(20-7-5-6-8-21(20)22)14-24-25-23(26)17-11-18(27-3)13-19(12-17)28-4/h5-15H,1-4H3,(H,25,26). The predicted octanol–water partition coefficient (Wildman–Crippen LogP) is 4.41. The number of nitrogens with zero attached hydrogens (tertiary/aromatic N) is 1. The highest BCUT2D eigenvalue weighted by Gasteiger charge is 2.10. The van der Waals surface area contributed by atoms with Gasteiger partial charge in [0.2, 0.25) is 0 Å². The zero-order valence-electron chi connectivity index (χ0n) is 16.9. The zero-order chi connectivity index (χ0) is 20.8. The third-order valence-corrected chi connectivity index (χ3v) is 4.26. The van der Waals surface area contributed by atoms with Crippen molar-refractivity contribution in [3.63, 3.8) is 0 Å². The summed E-state index contributed by atoms with van der Waals surface area (Å²) < 4.78 is 16.3. The van der Waals surface area contributed by atoms with Crippen LogP contribution in [0.15, 0.2) is 59.7 Å². The van der Waals surface area contributed by atoms with Crippen LogP contribution in [0.25, 0.3) is 10.8 Å². The average Bonchev–Trinajstić information content (AvgIpc) is 2.74. The molecule has 6 nitrogen and oxygen atoms in total. The molecule has 0 aliphatic heterocycles. The van der Waals surface area contributed by atoms with E-state index in [0.29, 0.717) is 17.1 Å². The lowest BCUT2D eigenvalue weighted by Crippen LogP contribution is -2.17. The molecule has 3 aromatic rings. The van der Waals surface area contributed by atoms with Gasteiger partial charge in [0.05, 0.1) is 26.5 Å². The van der Waals surface area contributed by atoms with E-state index in [9.17, 15) is 4.79 Å². The highest BCUT2D eigenvalue weighted by atomic mass is 16.5. The van der Waals surface area contributed by atoms with Crippen molar-refractivity contribution in [1.82, 2.24) is 5.43 Å². The minimum atomic E-state index is -0.359. The molecule has 6 heteroatoms. The molecule has 3 rings (SSSR count). The summed E-state index contributed by atoms with van der Waals surface area (Å²) in [7, 11) is 3.07. The van der Waals surface area contributed by atoms with Crippen molar-refractivity contribution in [2.45, 2.75) is 20.0 Å². The first-order chi connectivity index (χ1) is 14.0. The van der Waals surface area contributed by atoms with Crippen LogP contribution in [0.2, 0.25) is 0 Å². The monoisotopic (exact) mass is 392 g/mol. The first-order valence-corrected chi connectivity index (χ1v) is 9.26. The minimum absolute atomic E-state index is 0.0806. The Hall–Kier alpha value is -3.54. The number of nitrogens with one attached hydrogen (secondary N) is 1. The first kappa shape index (κ1) is 20.2. The molecule has 150 valence electrons. The van der Waals surface area contributed by atoms with Crippen LogP contribution in [0.5, 0.6) is 17.2 Å². The molecule has 0 spiro atoms. The molecule has 0 aromatic heterocycles. The summed E-state index contributed by atoms with van der Waals surface area (Å²) in [5.74, 6) is 1.53. The normalized spacial score (nSPS) is 11.1. The van der Waals surface area contributed by atoms with Crippen LogP contribution < -0.4 is 19.6 Å². The van der Waals surface area contributed by atoms with Gasteiger partial charge in [-0.15, -0.1) is 0 Å². The minimum Gasteiger partial charge on any atom is -0.497 e. The van der Waals surface area contributed by atoms with Crippen LogP contribution in [0.3, 0.4) is 0 Å². The first-order valence-electron chi connectivity index (χ1n) is 9.26. The third-order valence-electron chi connectivity index (χ3n) is 4.26. The number of methoxy groups -OCH3 is 2. The quantitative estimate of drug-likeness (QED) is 0.478. The fourth-order valence-electron chi connectivity index (χ4n) is 2.93. The fraction of sp³-hybridized carbons (Fsp3) is 0.217. The van der Waals surface area contributed by atoms with Gasteiger partial charge in [-0.2, -0.15) is 5.10 Å². The van der Waals surface area contributed by atoms with E-state index < -0.39 is 0 Å². The lowest BCUT2D eigenvalue weighted by molar-refractivity contribution is 0.0954. The Morgan fingerprint density at radius 3 is 2.24 bits per heavy atom. The van der Waals surface area contributed by atoms with Crippen LogP contribution in [0, 0.1) is 0 Å². The molecule has 29 heavy (non-hydrogen) atoms. The van der Waals surface area contributed by atoms with Crippen LogP contribution >= 0.6 is 0 Å². The highest BCUT2D eigenvalue weighted by Crippen LogP contribution is 2.28. The number of rotatable bonds is 7. The van der Waals surface area contributed by atoms with Crippen LogP contribution in [-0.4, -0.2) is 32.4 Å². The average molecular weight is 392 g/mol. The van der Waals surface area contributed by atoms with Crippen molar-refractivity contribution in [3.05, 3.63) is 65.7 Å². The second kappa shape index (κ2) is 9.10. The summed E-state index contributed by atoms with van der Waals surface area (Å²) in [4.78, 5) is 12.5. The number of fused-ring (bicyclic) bond motifs is 1. The Labute approximate surface area is 170 Å². The number of ether oxygens (including phenoxy) is 3. The van der Waals surface area contributed by atoms with E-state index in [1.54, 1.807) is 24.4 Å². The number of hydrogen-bond donors (Lipinski definition) is 1. The van der Waals surface area contributed by atoms with Crippen molar-refractivity contribution in [3.8, 4) is 17.2 Å². The second-order valence-electron chi connectivity index (χ2n) is 6.67. The zero-order valence-corrected chi connectivity index (χ0v) is 16.9. The van der Waals surface area contributed by atoms with Crippen molar-refractivity contribution in [1.29, 1.82) is 0 Å². The number of carbonyl (C=O) groups is 1. The summed E-state index contributed by atoms with van der Waals surface area (Å²) in [6.45, 7) is 3.99. The van der Waals surface area contributed by atoms with Crippen LogP contribution in [0.1, 0.15) is 29.8 Å². The summed E-state index contributed by atoms with van der Waals surface area (Å²) in [6.07, 6.45) is 1.70. The van der Waals surface area contributed by atoms with Gasteiger partial charge in [-0.3, -0.25) is 4.79 Å². The van der Waals surface area contributed by atoms with E-state index in [1.165, 1.54) is 14.2 Å². The molecule has 0 saturated heterocycles. The van der Waals surface area contributed by atoms with E-state index >= 15 is 0 Å². The Balaban J connectivity index is 1.82. The van der Waals surface area contributed by atoms with Gasteiger partial charge in [0.15, 0.2) is 0 Å². The molecule has 0 radical (unpaired) electrons. The third kappa shape index (κ3) is 4.85. The van der Waals surface area contributed by atoms with E-state index in [-0.39, 0.29) is 12.0 Å². The topological polar surface area (TPSA) is 69.2 Å². The predicted molar refractivity (Wildman–Crippen MR) is 114 cm³/mol. The molecule has 0 heterocycles. The maximum Gasteiger partial charge on any atom is 0.271 e. The number of amides is 1. The Kier molecular flexibility index (Phi) is 6.34. The van der Waals surface area contributed by atoms with Crippen molar-refractivity contribution in [2.24, 2.45) is 5.10 Å². The van der Waals surface area contributed by atoms with Gasteiger partial charge in [0, 0.05) is 22.6 Å². The molecule has 0 aliphatic rings. The fourth-order valence-corrected chi connectivity index (χ4v) is 2.93. The Morgan fingerprint density at radius 2 is 1.62 bits per heavy atom.